The summed E-state index contributed by atoms with van der Waals surface area (Å²) in [7, 11) is 0. The number of rotatable bonds is 6. The smallest absolute Gasteiger partial charge is 0.245 e. The van der Waals surface area contributed by atoms with E-state index in [-0.39, 0.29) is 42.2 Å². The maximum atomic E-state index is 12.9. The maximum absolute atomic E-state index is 12.9. The van der Waals surface area contributed by atoms with Gasteiger partial charge in [0.2, 0.25) is 5.91 Å². The first kappa shape index (κ1) is 25.2. The highest BCUT2D eigenvalue weighted by Crippen LogP contribution is 2.50. The van der Waals surface area contributed by atoms with Crippen LogP contribution in [0.15, 0.2) is 24.3 Å². The van der Waals surface area contributed by atoms with Crippen LogP contribution in [0.1, 0.15) is 52.0 Å². The van der Waals surface area contributed by atoms with Gasteiger partial charge in [0, 0.05) is 30.7 Å². The van der Waals surface area contributed by atoms with Crippen LogP contribution in [0.4, 0.5) is 5.69 Å². The molecule has 28 heavy (non-hydrogen) atoms. The van der Waals surface area contributed by atoms with E-state index in [1.807, 2.05) is 32.9 Å². The summed E-state index contributed by atoms with van der Waals surface area (Å²) in [6, 6.07) is 8.14. The van der Waals surface area contributed by atoms with Gasteiger partial charge in [0.1, 0.15) is 5.54 Å². The van der Waals surface area contributed by atoms with E-state index in [0.717, 1.165) is 25.3 Å². The van der Waals surface area contributed by atoms with E-state index in [1.54, 1.807) is 0 Å². The van der Waals surface area contributed by atoms with Gasteiger partial charge in [-0.15, -0.1) is 24.8 Å². The van der Waals surface area contributed by atoms with E-state index >= 15 is 0 Å². The Balaban J connectivity index is 0.00000196. The predicted octanol–water partition coefficient (Wildman–Crippen LogP) is 3.99. The molecule has 1 aromatic rings. The zero-order chi connectivity index (χ0) is 18.8. The third kappa shape index (κ3) is 5.00. The normalized spacial score (nSPS) is 26.4. The molecule has 0 spiro atoms. The van der Waals surface area contributed by atoms with Crippen LogP contribution in [0.25, 0.3) is 0 Å². The summed E-state index contributed by atoms with van der Waals surface area (Å²) in [5, 5.41) is 3.04. The second-order valence-electron chi connectivity index (χ2n) is 8.33. The molecule has 1 aliphatic heterocycles. The van der Waals surface area contributed by atoms with Crippen LogP contribution in [-0.2, 0) is 16.1 Å². The van der Waals surface area contributed by atoms with E-state index in [0.29, 0.717) is 13.0 Å². The molecule has 1 saturated carbocycles. The molecule has 1 aromatic carbocycles. The molecular formula is C21H35Cl2N3O2. The Morgan fingerprint density at radius 3 is 2.54 bits per heavy atom. The first-order valence-electron chi connectivity index (χ1n) is 9.90. The molecule has 1 aliphatic carbocycles. The number of likely N-dealkylation sites (tertiary alicyclic amines) is 1. The first-order chi connectivity index (χ1) is 12.4. The van der Waals surface area contributed by atoms with E-state index in [9.17, 15) is 4.79 Å². The van der Waals surface area contributed by atoms with Crippen LogP contribution in [0, 0.1) is 5.41 Å². The maximum Gasteiger partial charge on any atom is 0.245 e. The van der Waals surface area contributed by atoms with Gasteiger partial charge in [-0.2, -0.15) is 0 Å². The highest BCUT2D eigenvalue weighted by molar-refractivity contribution is 5.99. The summed E-state index contributed by atoms with van der Waals surface area (Å²) < 4.78 is 5.73. The Kier molecular flexibility index (Phi) is 9.23. The molecule has 2 unspecified atom stereocenters. The van der Waals surface area contributed by atoms with Gasteiger partial charge in [-0.05, 0) is 50.6 Å². The Hall–Kier alpha value is -0.850. The molecule has 3 N–H and O–H groups in total. The zero-order valence-electron chi connectivity index (χ0n) is 17.2. The minimum atomic E-state index is -0.893. The number of carbonyl (C=O) groups is 1. The molecule has 7 heteroatoms. The molecule has 1 amide bonds. The third-order valence-electron chi connectivity index (χ3n) is 6.27. The van der Waals surface area contributed by atoms with Crippen LogP contribution in [0.3, 0.4) is 0 Å². The van der Waals surface area contributed by atoms with Crippen LogP contribution in [0.2, 0.25) is 0 Å². The van der Waals surface area contributed by atoms with Crippen molar-refractivity contribution >= 4 is 36.4 Å². The number of amides is 1. The van der Waals surface area contributed by atoms with E-state index in [2.05, 4.69) is 22.3 Å². The van der Waals surface area contributed by atoms with Crippen molar-refractivity contribution in [3.63, 3.8) is 0 Å². The van der Waals surface area contributed by atoms with Crippen LogP contribution < -0.4 is 11.1 Å². The lowest BCUT2D eigenvalue weighted by Gasteiger charge is -2.57. The molecule has 160 valence electrons. The van der Waals surface area contributed by atoms with Crippen molar-refractivity contribution in [3.05, 3.63) is 29.8 Å². The van der Waals surface area contributed by atoms with Gasteiger partial charge in [-0.25, -0.2) is 0 Å². The Morgan fingerprint density at radius 2 is 1.93 bits per heavy atom. The SMILES string of the molecule is CCOC1CC(N)(C(=O)Nc2cccc(CN3CCCCC3)c2)C1(C)C.Cl.Cl. The molecule has 3 rings (SSSR count). The molecular weight excluding hydrogens is 397 g/mol. The third-order valence-corrected chi connectivity index (χ3v) is 6.27. The van der Waals surface area contributed by atoms with Gasteiger partial charge >= 0.3 is 0 Å². The van der Waals surface area contributed by atoms with Gasteiger partial charge in [-0.1, -0.05) is 32.4 Å². The average molecular weight is 432 g/mol. The Bertz CT molecular complexity index is 650. The van der Waals surface area contributed by atoms with Gasteiger partial charge in [0.15, 0.2) is 0 Å². The quantitative estimate of drug-likeness (QED) is 0.714. The lowest BCUT2D eigenvalue weighted by atomic mass is 9.54. The van der Waals surface area contributed by atoms with Gasteiger partial charge < -0.3 is 15.8 Å². The summed E-state index contributed by atoms with van der Waals surface area (Å²) >= 11 is 0. The molecule has 0 radical (unpaired) electrons. The monoisotopic (exact) mass is 431 g/mol. The summed E-state index contributed by atoms with van der Waals surface area (Å²) in [5.41, 5.74) is 7.27. The molecule has 5 nitrogen and oxygen atoms in total. The van der Waals surface area contributed by atoms with Crippen molar-refractivity contribution in [3.8, 4) is 0 Å². The molecule has 2 atom stereocenters. The molecule has 2 fully saturated rings. The number of nitrogens with two attached hydrogens (primary N) is 1. The van der Waals surface area contributed by atoms with E-state index in [1.165, 1.54) is 24.8 Å². The Morgan fingerprint density at radius 1 is 1.25 bits per heavy atom. The molecule has 1 saturated heterocycles. The lowest BCUT2D eigenvalue weighted by Crippen LogP contribution is -2.74. The lowest BCUT2D eigenvalue weighted by molar-refractivity contribution is -0.166. The standard InChI is InChI=1S/C21H33N3O2.2ClH/c1-4-26-18-14-21(22,20(18,2)3)19(25)23-17-10-8-9-16(13-17)15-24-11-6-5-7-12-24;;/h8-10,13,18H,4-7,11-12,14-15,22H2,1-3H3,(H,23,25);2*1H. The number of carbonyl (C=O) groups excluding carboxylic acids is 1. The molecule has 2 aliphatic rings. The number of nitrogens with zero attached hydrogens (tertiary/aromatic N) is 1. The van der Waals surface area contributed by atoms with Crippen molar-refractivity contribution in [1.29, 1.82) is 0 Å². The first-order valence-corrected chi connectivity index (χ1v) is 9.90. The topological polar surface area (TPSA) is 67.6 Å². The van der Waals surface area contributed by atoms with Crippen LogP contribution >= 0.6 is 24.8 Å². The second-order valence-corrected chi connectivity index (χ2v) is 8.33. The average Bonchev–Trinajstić information content (AvgIpc) is 2.62. The van der Waals surface area contributed by atoms with Crippen molar-refractivity contribution in [2.24, 2.45) is 11.1 Å². The number of benzene rings is 1. The highest BCUT2D eigenvalue weighted by atomic mass is 35.5. The fourth-order valence-electron chi connectivity index (χ4n) is 4.19. The number of halogens is 2. The number of hydrogen-bond acceptors (Lipinski definition) is 4. The predicted molar refractivity (Wildman–Crippen MR) is 119 cm³/mol. The van der Waals surface area contributed by atoms with Crippen molar-refractivity contribution in [1.82, 2.24) is 4.90 Å². The van der Waals surface area contributed by atoms with Crippen LogP contribution in [0.5, 0.6) is 0 Å². The summed E-state index contributed by atoms with van der Waals surface area (Å²) in [4.78, 5) is 15.4. The van der Waals surface area contributed by atoms with E-state index in [4.69, 9.17) is 10.5 Å². The Labute approximate surface area is 181 Å². The summed E-state index contributed by atoms with van der Waals surface area (Å²) in [6.45, 7) is 9.91. The number of hydrogen-bond donors (Lipinski definition) is 2. The zero-order valence-corrected chi connectivity index (χ0v) is 18.8. The summed E-state index contributed by atoms with van der Waals surface area (Å²) in [5.74, 6) is -0.117. The fourth-order valence-corrected chi connectivity index (χ4v) is 4.19. The second kappa shape index (κ2) is 10.3. The molecule has 1 heterocycles. The largest absolute Gasteiger partial charge is 0.378 e. The molecule has 0 aromatic heterocycles. The van der Waals surface area contributed by atoms with Gasteiger partial charge in [0.05, 0.1) is 6.10 Å². The van der Waals surface area contributed by atoms with Crippen molar-refractivity contribution < 1.29 is 9.53 Å². The highest BCUT2D eigenvalue weighted by Gasteiger charge is 2.62. The van der Waals surface area contributed by atoms with Crippen molar-refractivity contribution in [2.75, 3.05) is 25.0 Å². The number of piperidine rings is 1. The van der Waals surface area contributed by atoms with Gasteiger partial charge in [-0.3, -0.25) is 9.69 Å². The fraction of sp³-hybridized carbons (Fsp3) is 0.667. The van der Waals surface area contributed by atoms with Crippen LogP contribution in [-0.4, -0.2) is 42.1 Å². The minimum Gasteiger partial charge on any atom is -0.378 e. The summed E-state index contributed by atoms with van der Waals surface area (Å²) in [6.07, 6.45) is 4.50. The molecule has 0 bridgehead atoms. The van der Waals surface area contributed by atoms with E-state index < -0.39 is 5.54 Å². The number of anilines is 1. The number of ether oxygens (including phenoxy) is 1. The van der Waals surface area contributed by atoms with Crippen molar-refractivity contribution in [2.45, 2.75) is 64.6 Å². The minimum absolute atomic E-state index is 0. The number of nitrogens with one attached hydrogen (secondary N) is 1. The van der Waals surface area contributed by atoms with Gasteiger partial charge in [0.25, 0.3) is 0 Å².